The molecule has 0 atom stereocenters. The average Bonchev–Trinajstić information content (AvgIpc) is 2.65. The molecule has 1 aromatic rings. The fourth-order valence-corrected chi connectivity index (χ4v) is 2.20. The lowest BCUT2D eigenvalue weighted by Gasteiger charge is -2.32. The van der Waals surface area contributed by atoms with Crippen molar-refractivity contribution in [3.8, 4) is 5.75 Å². The van der Waals surface area contributed by atoms with Crippen LogP contribution in [0.15, 0.2) is 12.3 Å². The number of methoxy groups -OCH3 is 1. The second kappa shape index (κ2) is 6.04. The van der Waals surface area contributed by atoms with Crippen LogP contribution in [0.25, 0.3) is 0 Å². The summed E-state index contributed by atoms with van der Waals surface area (Å²) in [5.74, 6) is -0.198. The Morgan fingerprint density at radius 1 is 1.17 bits per heavy atom. The molecule has 0 radical (unpaired) electrons. The molecule has 132 valence electrons. The largest absolute Gasteiger partial charge is 0.496 e. The Bertz CT molecular complexity index is 620. The van der Waals surface area contributed by atoms with Crippen LogP contribution in [0.2, 0.25) is 0 Å². The Kier molecular flexibility index (Phi) is 4.72. The summed E-state index contributed by atoms with van der Waals surface area (Å²) in [4.78, 5) is 16.5. The molecule has 0 unspecified atom stereocenters. The summed E-state index contributed by atoms with van der Waals surface area (Å²) in [6.45, 7) is 13.3. The quantitative estimate of drug-likeness (QED) is 0.624. The zero-order valence-electron chi connectivity index (χ0n) is 15.7. The van der Waals surface area contributed by atoms with Gasteiger partial charge in [-0.2, -0.15) is 0 Å². The Morgan fingerprint density at radius 2 is 1.71 bits per heavy atom. The molecule has 1 fully saturated rings. The molecule has 2 rings (SSSR count). The minimum absolute atomic E-state index is 0.132. The molecule has 1 aliphatic rings. The minimum atomic E-state index is -0.603. The van der Waals surface area contributed by atoms with Crippen LogP contribution in [-0.2, 0) is 14.0 Å². The van der Waals surface area contributed by atoms with Crippen LogP contribution in [0, 0.1) is 0 Å². The first-order valence-corrected chi connectivity index (χ1v) is 7.99. The van der Waals surface area contributed by atoms with Gasteiger partial charge in [0.2, 0.25) is 0 Å². The number of hydrogen-bond donors (Lipinski definition) is 0. The number of hydrogen-bond acceptors (Lipinski definition) is 6. The van der Waals surface area contributed by atoms with Crippen molar-refractivity contribution in [2.45, 2.75) is 65.3 Å². The van der Waals surface area contributed by atoms with E-state index in [-0.39, 0.29) is 5.69 Å². The Morgan fingerprint density at radius 3 is 2.17 bits per heavy atom. The highest BCUT2D eigenvalue weighted by Gasteiger charge is 2.52. The van der Waals surface area contributed by atoms with E-state index in [4.69, 9.17) is 18.8 Å². The fourth-order valence-electron chi connectivity index (χ4n) is 2.20. The van der Waals surface area contributed by atoms with Crippen molar-refractivity contribution < 1.29 is 23.6 Å². The van der Waals surface area contributed by atoms with E-state index in [0.717, 1.165) is 0 Å². The molecule has 6 nitrogen and oxygen atoms in total. The van der Waals surface area contributed by atoms with Crippen LogP contribution in [0.5, 0.6) is 5.75 Å². The molecule has 1 saturated heterocycles. The Labute approximate surface area is 144 Å². The van der Waals surface area contributed by atoms with Gasteiger partial charge in [-0.1, -0.05) is 0 Å². The molecule has 24 heavy (non-hydrogen) atoms. The average molecular weight is 335 g/mol. The van der Waals surface area contributed by atoms with Gasteiger partial charge in [-0.15, -0.1) is 0 Å². The van der Waals surface area contributed by atoms with E-state index in [1.165, 1.54) is 7.11 Å². The third kappa shape index (κ3) is 3.73. The fraction of sp³-hybridized carbons (Fsp3) is 0.647. The predicted molar refractivity (Wildman–Crippen MR) is 91.7 cm³/mol. The van der Waals surface area contributed by atoms with Crippen LogP contribution < -0.4 is 10.2 Å². The zero-order chi connectivity index (χ0) is 18.3. The predicted octanol–water partition coefficient (Wildman–Crippen LogP) is 2.34. The highest BCUT2D eigenvalue weighted by molar-refractivity contribution is 6.62. The van der Waals surface area contributed by atoms with Crippen molar-refractivity contribution in [2.24, 2.45) is 0 Å². The third-order valence-corrected chi connectivity index (χ3v) is 4.21. The van der Waals surface area contributed by atoms with Crippen molar-refractivity contribution in [2.75, 3.05) is 7.11 Å². The van der Waals surface area contributed by atoms with Crippen molar-refractivity contribution in [3.05, 3.63) is 18.0 Å². The third-order valence-electron chi connectivity index (χ3n) is 4.21. The van der Waals surface area contributed by atoms with Crippen LogP contribution in [-0.4, -0.2) is 42.0 Å². The van der Waals surface area contributed by atoms with Crippen molar-refractivity contribution in [1.29, 1.82) is 0 Å². The van der Waals surface area contributed by atoms with E-state index in [1.54, 1.807) is 33.0 Å². The van der Waals surface area contributed by atoms with Gasteiger partial charge in [-0.3, -0.25) is 0 Å². The molecule has 0 amide bonds. The summed E-state index contributed by atoms with van der Waals surface area (Å²) in [5, 5.41) is 0. The number of carbonyl (C=O) groups excluding carboxylic acids is 1. The molecular weight excluding hydrogens is 309 g/mol. The molecule has 0 bridgehead atoms. The molecule has 0 saturated carbocycles. The summed E-state index contributed by atoms with van der Waals surface area (Å²) in [6.07, 6.45) is 1.56. The van der Waals surface area contributed by atoms with E-state index in [1.807, 2.05) is 27.7 Å². The first kappa shape index (κ1) is 18.7. The van der Waals surface area contributed by atoms with E-state index < -0.39 is 29.9 Å². The van der Waals surface area contributed by atoms with E-state index in [2.05, 4.69) is 4.98 Å². The molecule has 0 aliphatic carbocycles. The lowest BCUT2D eigenvalue weighted by molar-refractivity contribution is 0.00578. The topological polar surface area (TPSA) is 66.9 Å². The highest BCUT2D eigenvalue weighted by Crippen LogP contribution is 2.36. The molecule has 0 aromatic carbocycles. The van der Waals surface area contributed by atoms with E-state index in [0.29, 0.717) is 11.2 Å². The van der Waals surface area contributed by atoms with Gasteiger partial charge >= 0.3 is 13.1 Å². The van der Waals surface area contributed by atoms with Gasteiger partial charge in [0, 0.05) is 11.7 Å². The molecule has 1 aromatic heterocycles. The van der Waals surface area contributed by atoms with Gasteiger partial charge in [0.15, 0.2) is 11.4 Å². The van der Waals surface area contributed by atoms with Gasteiger partial charge in [-0.05, 0) is 54.5 Å². The smallest absolute Gasteiger partial charge is 0.494 e. The first-order valence-electron chi connectivity index (χ1n) is 7.99. The Hall–Kier alpha value is -1.60. The highest BCUT2D eigenvalue weighted by atomic mass is 16.7. The van der Waals surface area contributed by atoms with E-state index >= 15 is 0 Å². The number of pyridine rings is 1. The van der Waals surface area contributed by atoms with Crippen molar-refractivity contribution in [1.82, 2.24) is 4.98 Å². The maximum atomic E-state index is 12.3. The molecule has 2 heterocycles. The minimum Gasteiger partial charge on any atom is -0.494 e. The lowest BCUT2D eigenvalue weighted by atomic mass is 9.80. The number of ether oxygens (including phenoxy) is 2. The summed E-state index contributed by atoms with van der Waals surface area (Å²) in [7, 11) is 0.919. The summed E-state index contributed by atoms with van der Waals surface area (Å²) >= 11 is 0. The van der Waals surface area contributed by atoms with Crippen molar-refractivity contribution >= 4 is 18.6 Å². The molecule has 7 heteroatoms. The number of nitrogens with zero attached hydrogens (tertiary/aromatic N) is 1. The van der Waals surface area contributed by atoms with Crippen molar-refractivity contribution in [3.63, 3.8) is 0 Å². The SMILES string of the molecule is COc1cc(B2OC(C)(C)C(C)(C)O2)cnc1C(=O)OC(C)(C)C. The Balaban J connectivity index is 2.29. The molecule has 1 aliphatic heterocycles. The van der Waals surface area contributed by atoms with Gasteiger partial charge in [0.25, 0.3) is 0 Å². The maximum Gasteiger partial charge on any atom is 0.496 e. The first-order chi connectivity index (χ1) is 10.9. The maximum absolute atomic E-state index is 12.3. The number of aromatic nitrogens is 1. The van der Waals surface area contributed by atoms with Gasteiger partial charge in [0.1, 0.15) is 5.60 Å². The van der Waals surface area contributed by atoms with Gasteiger partial charge < -0.3 is 18.8 Å². The molecule has 0 N–H and O–H groups in total. The summed E-state index contributed by atoms with van der Waals surface area (Å²) in [6, 6.07) is 1.70. The lowest BCUT2D eigenvalue weighted by Crippen LogP contribution is -2.41. The second-order valence-corrected chi connectivity index (χ2v) is 7.91. The number of esters is 1. The normalized spacial score (nSPS) is 19.2. The molecule has 0 spiro atoms. The second-order valence-electron chi connectivity index (χ2n) is 7.91. The van der Waals surface area contributed by atoms with Crippen LogP contribution in [0.4, 0.5) is 0 Å². The van der Waals surface area contributed by atoms with Gasteiger partial charge in [0.05, 0.1) is 18.3 Å². The summed E-state index contributed by atoms with van der Waals surface area (Å²) in [5.41, 5.74) is -0.678. The van der Waals surface area contributed by atoms with Crippen LogP contribution >= 0.6 is 0 Å². The number of rotatable bonds is 3. The monoisotopic (exact) mass is 335 g/mol. The summed E-state index contributed by atoms with van der Waals surface area (Å²) < 4.78 is 22.7. The zero-order valence-corrected chi connectivity index (χ0v) is 15.7. The van der Waals surface area contributed by atoms with Crippen LogP contribution in [0.3, 0.4) is 0 Å². The molecular formula is C17H26BNO5. The number of carbonyl (C=O) groups is 1. The van der Waals surface area contributed by atoms with E-state index in [9.17, 15) is 4.79 Å². The van der Waals surface area contributed by atoms with Crippen LogP contribution in [0.1, 0.15) is 59.0 Å². The standard InChI is InChI=1S/C17H26BNO5/c1-15(2,3)22-14(20)13-12(21-8)9-11(10-19-13)18-23-16(4,5)17(6,7)24-18/h9-10H,1-8H3. The van der Waals surface area contributed by atoms with Gasteiger partial charge in [-0.25, -0.2) is 9.78 Å².